The summed E-state index contributed by atoms with van der Waals surface area (Å²) in [6, 6.07) is 9.70. The van der Waals surface area contributed by atoms with Gasteiger partial charge in [-0.05, 0) is 0 Å². The Labute approximate surface area is 228 Å². The number of fused-ring (bicyclic) bond motifs is 3. The summed E-state index contributed by atoms with van der Waals surface area (Å²) in [7, 11) is 0. The summed E-state index contributed by atoms with van der Waals surface area (Å²) in [5.74, 6) is 0. The fraction of sp³-hybridized carbons (Fsp3) is 0.400. The van der Waals surface area contributed by atoms with Crippen LogP contribution in [0.15, 0.2) is 42.0 Å². The minimum atomic E-state index is 0. The van der Waals surface area contributed by atoms with Gasteiger partial charge in [0.15, 0.2) is 0 Å². The molecule has 0 atom stereocenters. The van der Waals surface area contributed by atoms with E-state index < -0.39 is 0 Å². The topological polar surface area (TPSA) is 0 Å². The largest absolute Gasteiger partial charge is 1.00 e. The number of benzene rings is 2. The van der Waals surface area contributed by atoms with E-state index in [9.17, 15) is 0 Å². The zero-order valence-corrected chi connectivity index (χ0v) is 25.4. The Morgan fingerprint density at radius 3 is 1.97 bits per heavy atom. The van der Waals surface area contributed by atoms with Gasteiger partial charge in [0, 0.05) is 0 Å². The van der Waals surface area contributed by atoms with Gasteiger partial charge < -0.3 is 24.8 Å². The molecular formula is C30H35Cl2Zr. The van der Waals surface area contributed by atoms with Crippen LogP contribution in [0.1, 0.15) is 91.0 Å². The summed E-state index contributed by atoms with van der Waals surface area (Å²) in [5, 5.41) is 2.94. The maximum Gasteiger partial charge on any atom is -1.00 e. The average molecular weight is 558 g/mol. The second kappa shape index (κ2) is 9.64. The molecule has 2 aromatic carbocycles. The van der Waals surface area contributed by atoms with E-state index in [1.807, 2.05) is 0 Å². The summed E-state index contributed by atoms with van der Waals surface area (Å²) in [4.78, 5) is 0. The molecular weight excluding hydrogens is 522 g/mol. The average Bonchev–Trinajstić information content (AvgIpc) is 3.20. The molecule has 0 saturated carbocycles. The molecule has 2 aliphatic rings. The van der Waals surface area contributed by atoms with Crippen molar-refractivity contribution in [2.75, 3.05) is 0 Å². The van der Waals surface area contributed by atoms with Gasteiger partial charge >= 0.3 is 205 Å². The molecule has 0 nitrogen and oxygen atoms in total. The van der Waals surface area contributed by atoms with E-state index >= 15 is 0 Å². The monoisotopic (exact) mass is 555 g/mol. The molecule has 0 N–H and O–H groups in total. The Hall–Kier alpha value is -0.877. The first kappa shape index (κ1) is 28.4. The number of halogens is 2. The van der Waals surface area contributed by atoms with Crippen LogP contribution in [-0.2, 0) is 35.5 Å². The van der Waals surface area contributed by atoms with Gasteiger partial charge in [-0.1, -0.05) is 0 Å². The molecule has 0 amide bonds. The smallest absolute Gasteiger partial charge is 1.00 e. The van der Waals surface area contributed by atoms with Gasteiger partial charge in [-0.25, -0.2) is 0 Å². The van der Waals surface area contributed by atoms with Crippen LogP contribution in [0.25, 0.3) is 25.6 Å². The number of hydrogen-bond acceptors (Lipinski definition) is 0. The van der Waals surface area contributed by atoms with Crippen molar-refractivity contribution in [2.24, 2.45) is 0 Å². The van der Waals surface area contributed by atoms with E-state index in [-0.39, 0.29) is 35.6 Å². The predicted molar refractivity (Wildman–Crippen MR) is 132 cm³/mol. The third-order valence-electron chi connectivity index (χ3n) is 6.78. The summed E-state index contributed by atoms with van der Waals surface area (Å²) >= 11 is 1.50. The van der Waals surface area contributed by atoms with Crippen molar-refractivity contribution in [3.8, 4) is 11.1 Å². The normalized spacial score (nSPS) is 14.7. The van der Waals surface area contributed by atoms with Crippen molar-refractivity contribution < 1.29 is 49.5 Å². The summed E-state index contributed by atoms with van der Waals surface area (Å²) in [5.41, 5.74) is 13.4. The van der Waals surface area contributed by atoms with Gasteiger partial charge in [0.05, 0.1) is 0 Å². The van der Waals surface area contributed by atoms with Gasteiger partial charge in [-0.15, -0.1) is 0 Å². The van der Waals surface area contributed by atoms with Gasteiger partial charge in [0.2, 0.25) is 0 Å². The van der Waals surface area contributed by atoms with E-state index in [2.05, 4.69) is 98.7 Å². The van der Waals surface area contributed by atoms with Crippen LogP contribution in [0.3, 0.4) is 0 Å². The molecule has 0 heterocycles. The molecule has 2 aliphatic carbocycles. The van der Waals surface area contributed by atoms with Crippen LogP contribution in [-0.4, -0.2) is 0 Å². The molecule has 3 heteroatoms. The first-order valence-electron chi connectivity index (χ1n) is 11.4. The molecule has 173 valence electrons. The third-order valence-corrected chi connectivity index (χ3v) is 8.06. The molecule has 0 aliphatic heterocycles. The number of hydrogen-bond donors (Lipinski definition) is 0. The number of rotatable bonds is 1. The Balaban J connectivity index is 0.00000193. The molecule has 0 saturated heterocycles. The van der Waals surface area contributed by atoms with Crippen molar-refractivity contribution in [3.05, 3.63) is 74.7 Å². The van der Waals surface area contributed by atoms with Gasteiger partial charge in [0.25, 0.3) is 0 Å². The fourth-order valence-electron chi connectivity index (χ4n) is 5.13. The van der Waals surface area contributed by atoms with E-state index in [0.29, 0.717) is 0 Å². The second-order valence-electron chi connectivity index (χ2n) is 11.5. The predicted octanol–water partition coefficient (Wildman–Crippen LogP) is 0.897. The van der Waals surface area contributed by atoms with E-state index in [0.717, 1.165) is 6.42 Å². The Morgan fingerprint density at radius 1 is 0.848 bits per heavy atom. The van der Waals surface area contributed by atoms with E-state index in [1.165, 1.54) is 88.5 Å². The van der Waals surface area contributed by atoms with Crippen LogP contribution < -0.4 is 35.3 Å². The van der Waals surface area contributed by atoms with Crippen molar-refractivity contribution in [3.63, 3.8) is 0 Å². The molecule has 2 aromatic rings. The fourth-order valence-corrected chi connectivity index (χ4v) is 6.28. The maximum absolute atomic E-state index is 2.50. The van der Waals surface area contributed by atoms with Crippen LogP contribution in [0.4, 0.5) is 0 Å². The third kappa shape index (κ3) is 4.80. The summed E-state index contributed by atoms with van der Waals surface area (Å²) in [6.45, 7) is 20.9. The minimum absolute atomic E-state index is 0. The van der Waals surface area contributed by atoms with E-state index in [1.54, 1.807) is 0 Å². The molecule has 0 unspecified atom stereocenters. The molecule has 0 spiro atoms. The second-order valence-corrected chi connectivity index (χ2v) is 12.7. The van der Waals surface area contributed by atoms with Crippen LogP contribution in [0, 0.1) is 0 Å². The summed E-state index contributed by atoms with van der Waals surface area (Å²) < 4.78 is 1.52. The van der Waals surface area contributed by atoms with Crippen LogP contribution in [0.2, 0.25) is 0 Å². The van der Waals surface area contributed by atoms with Gasteiger partial charge in [0.1, 0.15) is 0 Å². The summed E-state index contributed by atoms with van der Waals surface area (Å²) in [6.07, 6.45) is 5.69. The van der Waals surface area contributed by atoms with Crippen molar-refractivity contribution in [2.45, 2.75) is 79.6 Å². The van der Waals surface area contributed by atoms with Crippen LogP contribution in [0.5, 0.6) is 0 Å². The quantitative estimate of drug-likeness (QED) is 0.489. The molecule has 0 fully saturated rings. The van der Waals surface area contributed by atoms with Crippen molar-refractivity contribution >= 4 is 14.4 Å². The molecule has 0 radical (unpaired) electrons. The van der Waals surface area contributed by atoms with Crippen LogP contribution >= 0.6 is 0 Å². The minimum Gasteiger partial charge on any atom is -1.00 e. The van der Waals surface area contributed by atoms with Gasteiger partial charge in [-0.2, -0.15) is 0 Å². The Morgan fingerprint density at radius 2 is 1.48 bits per heavy atom. The zero-order valence-electron chi connectivity index (χ0n) is 21.4. The van der Waals surface area contributed by atoms with Gasteiger partial charge in [-0.3, -0.25) is 0 Å². The molecule has 0 bridgehead atoms. The Bertz CT molecular complexity index is 1290. The Kier molecular flexibility index (Phi) is 8.29. The first-order chi connectivity index (χ1) is 14.3. The van der Waals surface area contributed by atoms with E-state index in [4.69, 9.17) is 0 Å². The van der Waals surface area contributed by atoms with Crippen molar-refractivity contribution in [1.29, 1.82) is 0 Å². The standard InChI is InChI=1S/C30H35.2ClH.Zr/c1-18(2)24-17-25-23-14-13-21(29(4,5)6)15-20(23)16-26(25)27(28(24)30(7,8)9)22-12-10-11-19(22)3;;;/h10-11,13-15,17H,12H2,1-9H3;2*1H;/q;;;+2/p-2. The zero-order chi connectivity index (χ0) is 22.9. The number of allylic oxidation sites excluding steroid dienone is 4. The molecule has 33 heavy (non-hydrogen) atoms. The molecule has 0 aromatic heterocycles. The van der Waals surface area contributed by atoms with Crippen molar-refractivity contribution in [1.82, 2.24) is 0 Å². The SMILES string of the molecule is CC1=C(c2c(C(C)(C)C)c(=C(C)C)cc3c2=[C]([Zr+2])c2cc(C(C)(C)C)ccc2-3)CC=C1.[Cl-].[Cl-]. The first-order valence-corrected chi connectivity index (χ1v) is 12.7. The maximum atomic E-state index is 2.50. The molecule has 4 rings (SSSR count).